The van der Waals surface area contributed by atoms with Crippen molar-refractivity contribution in [2.45, 2.75) is 31.3 Å². The number of benzene rings is 1. The van der Waals surface area contributed by atoms with Crippen molar-refractivity contribution in [3.63, 3.8) is 0 Å². The van der Waals surface area contributed by atoms with Gasteiger partial charge in [0.2, 0.25) is 10.0 Å². The molecule has 1 aromatic heterocycles. The topological polar surface area (TPSA) is 59.1 Å². The van der Waals surface area contributed by atoms with Crippen LogP contribution in [0.3, 0.4) is 0 Å². The molecule has 0 aliphatic carbocycles. The average molecular weight is 382 g/mol. The summed E-state index contributed by atoms with van der Waals surface area (Å²) >= 11 is 1.42. The van der Waals surface area contributed by atoms with Gasteiger partial charge in [-0.3, -0.25) is 0 Å². The summed E-state index contributed by atoms with van der Waals surface area (Å²) in [6.07, 6.45) is -4.60. The molecular formula is C14H14F4N2O2S2. The number of hydrogen-bond acceptors (Lipinski definition) is 4. The zero-order chi connectivity index (χ0) is 18.1. The molecule has 1 heterocycles. The first-order valence-electron chi connectivity index (χ1n) is 6.80. The van der Waals surface area contributed by atoms with Crippen LogP contribution in [0.1, 0.15) is 21.1 Å². The minimum absolute atomic E-state index is 0.00351. The fraction of sp³-hybridized carbons (Fsp3) is 0.357. The molecule has 0 unspecified atom stereocenters. The summed E-state index contributed by atoms with van der Waals surface area (Å²) < 4.78 is 77.7. The maximum absolute atomic E-state index is 13.2. The van der Waals surface area contributed by atoms with Crippen LogP contribution in [0.2, 0.25) is 0 Å². The van der Waals surface area contributed by atoms with Crippen molar-refractivity contribution in [3.05, 3.63) is 45.2 Å². The summed E-state index contributed by atoms with van der Waals surface area (Å²) in [5.74, 6) is -1.52. The van der Waals surface area contributed by atoms with Crippen molar-refractivity contribution in [2.24, 2.45) is 0 Å². The van der Waals surface area contributed by atoms with E-state index in [-0.39, 0.29) is 6.54 Å². The summed E-state index contributed by atoms with van der Waals surface area (Å²) in [6, 6.07) is 1.59. The molecule has 0 radical (unpaired) electrons. The largest absolute Gasteiger partial charge is 0.419 e. The molecule has 132 valence electrons. The summed E-state index contributed by atoms with van der Waals surface area (Å²) in [7, 11) is -4.17. The number of nitrogens with one attached hydrogen (secondary N) is 1. The molecule has 2 aromatic rings. The third-order valence-corrected chi connectivity index (χ3v) is 5.79. The number of alkyl halides is 3. The Labute approximate surface area is 140 Å². The Hall–Kier alpha value is -1.52. The van der Waals surface area contributed by atoms with Gasteiger partial charge in [0.15, 0.2) is 0 Å². The molecular weight excluding hydrogens is 368 g/mol. The van der Waals surface area contributed by atoms with Gasteiger partial charge < -0.3 is 0 Å². The Morgan fingerprint density at radius 3 is 2.46 bits per heavy atom. The lowest BCUT2D eigenvalue weighted by molar-refractivity contribution is -0.140. The van der Waals surface area contributed by atoms with Crippen molar-refractivity contribution in [1.29, 1.82) is 0 Å². The van der Waals surface area contributed by atoms with Gasteiger partial charge in [0, 0.05) is 11.4 Å². The minimum atomic E-state index is -4.97. The Morgan fingerprint density at radius 2 is 1.92 bits per heavy atom. The van der Waals surface area contributed by atoms with E-state index in [9.17, 15) is 26.0 Å². The fourth-order valence-electron chi connectivity index (χ4n) is 2.08. The van der Waals surface area contributed by atoms with E-state index < -0.39 is 32.5 Å². The molecule has 10 heteroatoms. The third kappa shape index (κ3) is 4.31. The van der Waals surface area contributed by atoms with Gasteiger partial charge >= 0.3 is 6.18 Å². The molecule has 0 atom stereocenters. The molecule has 0 fully saturated rings. The third-order valence-electron chi connectivity index (χ3n) is 3.20. The molecule has 24 heavy (non-hydrogen) atoms. The monoisotopic (exact) mass is 382 g/mol. The molecule has 2 rings (SSSR count). The minimum Gasteiger partial charge on any atom is -0.247 e. The average Bonchev–Trinajstić information content (AvgIpc) is 2.75. The SMILES string of the molecule is Cc1nc(C)c(CCNS(=O)(=O)c2ccc(F)c(C(F)(F)F)c2)s1. The lowest BCUT2D eigenvalue weighted by Gasteiger charge is -2.11. The van der Waals surface area contributed by atoms with E-state index in [1.165, 1.54) is 11.3 Å². The number of aromatic nitrogens is 1. The second-order valence-corrected chi connectivity index (χ2v) is 8.08. The molecule has 0 aliphatic rings. The van der Waals surface area contributed by atoms with Crippen molar-refractivity contribution in [3.8, 4) is 0 Å². The summed E-state index contributed by atoms with van der Waals surface area (Å²) in [6.45, 7) is 3.62. The Balaban J connectivity index is 2.14. The van der Waals surface area contributed by atoms with Crippen LogP contribution in [0.5, 0.6) is 0 Å². The van der Waals surface area contributed by atoms with E-state index in [0.29, 0.717) is 18.6 Å². The highest BCUT2D eigenvalue weighted by Crippen LogP contribution is 2.32. The zero-order valence-corrected chi connectivity index (χ0v) is 14.4. The number of nitrogens with zero attached hydrogens (tertiary/aromatic N) is 1. The molecule has 0 saturated carbocycles. The van der Waals surface area contributed by atoms with Crippen molar-refractivity contribution in [2.75, 3.05) is 6.54 Å². The molecule has 1 aromatic carbocycles. The Kier molecular flexibility index (Phi) is 5.31. The summed E-state index contributed by atoms with van der Waals surface area (Å²) in [5, 5.41) is 0.846. The zero-order valence-electron chi connectivity index (χ0n) is 12.7. The first-order chi connectivity index (χ1) is 11.0. The van der Waals surface area contributed by atoms with Crippen molar-refractivity contribution in [1.82, 2.24) is 9.71 Å². The molecule has 4 nitrogen and oxygen atoms in total. The smallest absolute Gasteiger partial charge is 0.247 e. The first kappa shape index (κ1) is 18.8. The van der Waals surface area contributed by atoms with Crippen molar-refractivity contribution >= 4 is 21.4 Å². The van der Waals surface area contributed by atoms with E-state index in [4.69, 9.17) is 0 Å². The number of sulfonamides is 1. The number of rotatable bonds is 5. The number of hydrogen-bond donors (Lipinski definition) is 1. The van der Waals surface area contributed by atoms with Gasteiger partial charge in [-0.05, 0) is 38.5 Å². The van der Waals surface area contributed by atoms with Crippen LogP contribution in [0.15, 0.2) is 23.1 Å². The maximum Gasteiger partial charge on any atom is 0.419 e. The van der Waals surface area contributed by atoms with E-state index in [0.717, 1.165) is 21.6 Å². The molecule has 0 bridgehead atoms. The predicted molar refractivity (Wildman–Crippen MR) is 81.9 cm³/mol. The number of thiazole rings is 1. The standard InChI is InChI=1S/C14H14F4N2O2S2/c1-8-13(23-9(2)20-8)5-6-19-24(21,22)10-3-4-12(15)11(7-10)14(16,17)18/h3-4,7,19H,5-6H2,1-2H3. The Bertz CT molecular complexity index is 845. The van der Waals surface area contributed by atoms with Gasteiger partial charge in [0.1, 0.15) is 5.82 Å². The second kappa shape index (κ2) is 6.77. The lowest BCUT2D eigenvalue weighted by atomic mass is 10.2. The number of aryl methyl sites for hydroxylation is 2. The van der Waals surface area contributed by atoms with Crippen molar-refractivity contribution < 1.29 is 26.0 Å². The quantitative estimate of drug-likeness (QED) is 0.806. The first-order valence-corrected chi connectivity index (χ1v) is 9.10. The molecule has 0 aliphatic heterocycles. The van der Waals surface area contributed by atoms with Crippen LogP contribution < -0.4 is 4.72 Å². The fourth-order valence-corrected chi connectivity index (χ4v) is 4.07. The lowest BCUT2D eigenvalue weighted by Crippen LogP contribution is -2.26. The van der Waals surface area contributed by atoms with Crippen LogP contribution >= 0.6 is 11.3 Å². The maximum atomic E-state index is 13.2. The van der Waals surface area contributed by atoms with Gasteiger partial charge in [-0.1, -0.05) is 0 Å². The highest BCUT2D eigenvalue weighted by atomic mass is 32.2. The molecule has 0 amide bonds. The van der Waals surface area contributed by atoms with Gasteiger partial charge in [-0.15, -0.1) is 11.3 Å². The van der Waals surface area contributed by atoms with E-state index in [1.807, 2.05) is 6.92 Å². The van der Waals surface area contributed by atoms with E-state index in [1.54, 1.807) is 6.92 Å². The van der Waals surface area contributed by atoms with Crippen LogP contribution in [0.25, 0.3) is 0 Å². The van der Waals surface area contributed by atoms with Crippen LogP contribution in [-0.4, -0.2) is 19.9 Å². The number of halogens is 4. The van der Waals surface area contributed by atoms with E-state index >= 15 is 0 Å². The Morgan fingerprint density at radius 1 is 1.25 bits per heavy atom. The summed E-state index contributed by atoms with van der Waals surface area (Å²) in [4.78, 5) is 4.47. The highest BCUT2D eigenvalue weighted by Gasteiger charge is 2.35. The van der Waals surface area contributed by atoms with Gasteiger partial charge in [-0.25, -0.2) is 22.5 Å². The molecule has 0 saturated heterocycles. The van der Waals surface area contributed by atoms with Gasteiger partial charge in [0.25, 0.3) is 0 Å². The molecule has 1 N–H and O–H groups in total. The van der Waals surface area contributed by atoms with Crippen LogP contribution in [0, 0.1) is 19.7 Å². The summed E-state index contributed by atoms with van der Waals surface area (Å²) in [5.41, 5.74) is -0.822. The van der Waals surface area contributed by atoms with Gasteiger partial charge in [-0.2, -0.15) is 13.2 Å². The predicted octanol–water partition coefficient (Wildman–Crippen LogP) is 3.44. The highest BCUT2D eigenvalue weighted by molar-refractivity contribution is 7.89. The normalized spacial score (nSPS) is 12.6. The van der Waals surface area contributed by atoms with Crippen LogP contribution in [0.4, 0.5) is 17.6 Å². The van der Waals surface area contributed by atoms with Crippen LogP contribution in [-0.2, 0) is 22.6 Å². The second-order valence-electron chi connectivity index (χ2n) is 5.03. The van der Waals surface area contributed by atoms with E-state index in [2.05, 4.69) is 9.71 Å². The molecule has 0 spiro atoms. The van der Waals surface area contributed by atoms with Gasteiger partial charge in [0.05, 0.1) is 21.2 Å².